The van der Waals surface area contributed by atoms with Gasteiger partial charge in [0, 0.05) is 5.56 Å². The number of methoxy groups -OCH3 is 1. The van der Waals surface area contributed by atoms with Crippen LogP contribution in [0.4, 0.5) is 4.39 Å². The molecule has 0 atom stereocenters. The summed E-state index contributed by atoms with van der Waals surface area (Å²) in [5.41, 5.74) is 1.01. The lowest BCUT2D eigenvalue weighted by molar-refractivity contribution is 0.414. The monoisotopic (exact) mass is 391 g/mol. The van der Waals surface area contributed by atoms with Crippen molar-refractivity contribution in [2.24, 2.45) is 0 Å². The largest absolute Gasteiger partial charge is 0.497 e. The molecule has 7 nitrogen and oxygen atoms in total. The van der Waals surface area contributed by atoms with E-state index in [1.807, 2.05) is 0 Å². The highest BCUT2D eigenvalue weighted by Gasteiger charge is 2.15. The smallest absolute Gasteiger partial charge is 0.247 e. The minimum Gasteiger partial charge on any atom is -0.497 e. The Hall–Kier alpha value is -2.78. The number of halogens is 1. The maximum atomic E-state index is 13.6. The summed E-state index contributed by atoms with van der Waals surface area (Å²) in [7, 11) is -2.08. The second-order valence-electron chi connectivity index (χ2n) is 5.71. The van der Waals surface area contributed by atoms with Gasteiger partial charge in [0.05, 0.1) is 19.4 Å². The molecule has 0 unspecified atom stereocenters. The number of nitrogens with one attached hydrogen (secondary N) is 1. The molecule has 1 heterocycles. The highest BCUT2D eigenvalue weighted by atomic mass is 32.2. The molecule has 0 saturated heterocycles. The Kier molecular flexibility index (Phi) is 5.82. The van der Waals surface area contributed by atoms with Crippen LogP contribution in [-0.2, 0) is 23.0 Å². The molecular weight excluding hydrogens is 373 g/mol. The molecule has 0 aliphatic rings. The van der Waals surface area contributed by atoms with Gasteiger partial charge in [-0.15, -0.1) is 10.2 Å². The number of sulfonamides is 1. The zero-order valence-corrected chi connectivity index (χ0v) is 15.4. The Balaban J connectivity index is 1.59. The van der Waals surface area contributed by atoms with Crippen molar-refractivity contribution in [1.82, 2.24) is 14.9 Å². The molecule has 9 heteroatoms. The number of benzene rings is 2. The van der Waals surface area contributed by atoms with Crippen LogP contribution >= 0.6 is 0 Å². The standard InChI is InChI=1S/C18H18FN3O4S/c1-25-15-7-4-6-14(11-15)18-22-21-17(26-18)12-20-27(23,24)10-9-13-5-2-3-8-16(13)19/h2-8,11,20H,9-10,12H2,1H3. The molecule has 0 bridgehead atoms. The topological polar surface area (TPSA) is 94.3 Å². The van der Waals surface area contributed by atoms with Crippen molar-refractivity contribution in [3.8, 4) is 17.2 Å². The number of hydrogen-bond donors (Lipinski definition) is 1. The van der Waals surface area contributed by atoms with Gasteiger partial charge in [0.1, 0.15) is 11.6 Å². The van der Waals surface area contributed by atoms with Gasteiger partial charge in [-0.1, -0.05) is 24.3 Å². The summed E-state index contributed by atoms with van der Waals surface area (Å²) in [6.45, 7) is -0.142. The van der Waals surface area contributed by atoms with E-state index in [0.717, 1.165) is 0 Å². The van der Waals surface area contributed by atoms with Gasteiger partial charge in [-0.25, -0.2) is 17.5 Å². The van der Waals surface area contributed by atoms with Gasteiger partial charge >= 0.3 is 0 Å². The minimum atomic E-state index is -3.63. The third-order valence-corrected chi connectivity index (χ3v) is 5.15. The number of ether oxygens (including phenoxy) is 1. The SMILES string of the molecule is COc1cccc(-c2nnc(CNS(=O)(=O)CCc3ccccc3F)o2)c1. The summed E-state index contributed by atoms with van der Waals surface area (Å²) in [4.78, 5) is 0. The lowest BCUT2D eigenvalue weighted by Gasteiger charge is -2.05. The van der Waals surface area contributed by atoms with Gasteiger partial charge in [-0.2, -0.15) is 0 Å². The number of aryl methyl sites for hydroxylation is 1. The van der Waals surface area contributed by atoms with E-state index in [-0.39, 0.29) is 30.5 Å². The van der Waals surface area contributed by atoms with Crippen LogP contribution in [0, 0.1) is 5.82 Å². The van der Waals surface area contributed by atoms with Gasteiger partial charge in [0.2, 0.25) is 21.8 Å². The first-order valence-corrected chi connectivity index (χ1v) is 9.79. The normalized spacial score (nSPS) is 11.5. The summed E-state index contributed by atoms with van der Waals surface area (Å²) in [6, 6.07) is 13.2. The molecular formula is C18H18FN3O4S. The molecule has 0 aliphatic heterocycles. The maximum Gasteiger partial charge on any atom is 0.247 e. The zero-order chi connectivity index (χ0) is 19.3. The van der Waals surface area contributed by atoms with E-state index in [1.165, 1.54) is 6.07 Å². The van der Waals surface area contributed by atoms with E-state index in [0.29, 0.717) is 16.9 Å². The van der Waals surface area contributed by atoms with Crippen LogP contribution in [-0.4, -0.2) is 31.5 Å². The van der Waals surface area contributed by atoms with E-state index < -0.39 is 15.8 Å². The molecule has 2 aromatic carbocycles. The third kappa shape index (κ3) is 5.11. The van der Waals surface area contributed by atoms with Gasteiger partial charge in [-0.05, 0) is 36.2 Å². The minimum absolute atomic E-state index is 0.0703. The molecule has 0 amide bonds. The first-order valence-electron chi connectivity index (χ1n) is 8.14. The average molecular weight is 391 g/mol. The van der Waals surface area contributed by atoms with Gasteiger partial charge in [-0.3, -0.25) is 0 Å². The van der Waals surface area contributed by atoms with E-state index in [4.69, 9.17) is 9.15 Å². The predicted molar refractivity (Wildman–Crippen MR) is 97.0 cm³/mol. The summed E-state index contributed by atoms with van der Waals surface area (Å²) < 4.78 is 50.8. The van der Waals surface area contributed by atoms with Crippen molar-refractivity contribution in [3.05, 3.63) is 65.8 Å². The Morgan fingerprint density at radius 3 is 2.74 bits per heavy atom. The van der Waals surface area contributed by atoms with Crippen LogP contribution < -0.4 is 9.46 Å². The first kappa shape index (κ1) is 19.0. The fraction of sp³-hybridized carbons (Fsp3) is 0.222. The fourth-order valence-electron chi connectivity index (χ4n) is 2.39. The quantitative estimate of drug-likeness (QED) is 0.634. The Bertz CT molecular complexity index is 1020. The second kappa shape index (κ2) is 8.28. The molecule has 142 valence electrons. The van der Waals surface area contributed by atoms with Crippen molar-refractivity contribution in [1.29, 1.82) is 0 Å². The highest BCUT2D eigenvalue weighted by Crippen LogP contribution is 2.22. The number of nitrogens with zero attached hydrogens (tertiary/aromatic N) is 2. The van der Waals surface area contributed by atoms with Crippen molar-refractivity contribution in [3.63, 3.8) is 0 Å². The van der Waals surface area contributed by atoms with E-state index in [9.17, 15) is 12.8 Å². The van der Waals surface area contributed by atoms with Crippen LogP contribution in [0.5, 0.6) is 5.75 Å². The third-order valence-electron chi connectivity index (χ3n) is 3.82. The number of hydrogen-bond acceptors (Lipinski definition) is 6. The summed E-state index contributed by atoms with van der Waals surface area (Å²) in [5.74, 6) is 0.357. The second-order valence-corrected chi connectivity index (χ2v) is 7.64. The summed E-state index contributed by atoms with van der Waals surface area (Å²) in [5, 5.41) is 7.75. The van der Waals surface area contributed by atoms with Crippen molar-refractivity contribution >= 4 is 10.0 Å². The Morgan fingerprint density at radius 2 is 1.96 bits per heavy atom. The maximum absolute atomic E-state index is 13.6. The average Bonchev–Trinajstić information content (AvgIpc) is 3.15. The van der Waals surface area contributed by atoms with Crippen molar-refractivity contribution in [2.75, 3.05) is 12.9 Å². The Labute approximate surface area is 156 Å². The molecule has 3 rings (SSSR count). The first-order chi connectivity index (χ1) is 13.0. The number of rotatable bonds is 8. The number of aromatic nitrogens is 2. The fourth-order valence-corrected chi connectivity index (χ4v) is 3.36. The molecule has 0 aliphatic carbocycles. The molecule has 0 radical (unpaired) electrons. The Morgan fingerprint density at radius 1 is 1.15 bits per heavy atom. The van der Waals surface area contributed by atoms with E-state index in [2.05, 4.69) is 14.9 Å². The zero-order valence-electron chi connectivity index (χ0n) is 14.6. The molecule has 0 fully saturated rings. The predicted octanol–water partition coefficient (Wildman–Crippen LogP) is 2.55. The molecule has 1 aromatic heterocycles. The van der Waals surface area contributed by atoms with Crippen LogP contribution in [0.3, 0.4) is 0 Å². The van der Waals surface area contributed by atoms with Gasteiger partial charge in [0.25, 0.3) is 0 Å². The van der Waals surface area contributed by atoms with Crippen LogP contribution in [0.1, 0.15) is 11.5 Å². The van der Waals surface area contributed by atoms with Crippen molar-refractivity contribution in [2.45, 2.75) is 13.0 Å². The van der Waals surface area contributed by atoms with E-state index >= 15 is 0 Å². The van der Waals surface area contributed by atoms with Crippen LogP contribution in [0.15, 0.2) is 52.9 Å². The van der Waals surface area contributed by atoms with Crippen molar-refractivity contribution < 1.29 is 22.0 Å². The van der Waals surface area contributed by atoms with Gasteiger partial charge in [0.15, 0.2) is 0 Å². The van der Waals surface area contributed by atoms with Crippen LogP contribution in [0.2, 0.25) is 0 Å². The van der Waals surface area contributed by atoms with Gasteiger partial charge < -0.3 is 9.15 Å². The van der Waals surface area contributed by atoms with E-state index in [1.54, 1.807) is 49.6 Å². The molecule has 1 N–H and O–H groups in total. The lowest BCUT2D eigenvalue weighted by atomic mass is 10.2. The summed E-state index contributed by atoms with van der Waals surface area (Å²) >= 11 is 0. The highest BCUT2D eigenvalue weighted by molar-refractivity contribution is 7.89. The lowest BCUT2D eigenvalue weighted by Crippen LogP contribution is -2.27. The summed E-state index contributed by atoms with van der Waals surface area (Å²) in [6.07, 6.45) is 0.0703. The molecule has 0 spiro atoms. The molecule has 3 aromatic rings. The van der Waals surface area contributed by atoms with Crippen LogP contribution in [0.25, 0.3) is 11.5 Å². The molecule has 27 heavy (non-hydrogen) atoms. The molecule has 0 saturated carbocycles.